The van der Waals surface area contributed by atoms with Crippen LogP contribution in [-0.2, 0) is 27.9 Å². The molecule has 0 heterocycles. The Morgan fingerprint density at radius 3 is 0.958 bits per heavy atom. The standard InChI is InChI=1S/C59H117O12P/c1-3-5-7-9-11-13-15-17-18-19-20-21-22-23-24-25-26-27-28-29-30-31-32-33-34-35-36-37-38-40-42-44-46-48-53(60)70-52(50-68-49-47-45-43-41-39-16-14-12-10-8-6-4-2)51-69-72(66,67)71-59-57(64)55(62)54(61)56(63)58(59)65/h52,54-59,61-65H,3-51H2,1-2H3,(H,66,67)/t52-,54?,55-,56?,57?,58?,59?/m1/s1. The molecule has 6 N–H and O–H groups in total. The zero-order chi connectivity index (χ0) is 52.6. The summed E-state index contributed by atoms with van der Waals surface area (Å²) in [5.41, 5.74) is 0. The highest BCUT2D eigenvalue weighted by Crippen LogP contribution is 2.47. The van der Waals surface area contributed by atoms with Crippen LogP contribution in [0.15, 0.2) is 0 Å². The number of esters is 1. The Morgan fingerprint density at radius 1 is 0.389 bits per heavy atom. The summed E-state index contributed by atoms with van der Waals surface area (Å²) >= 11 is 0. The van der Waals surface area contributed by atoms with Crippen molar-refractivity contribution in [3.63, 3.8) is 0 Å². The van der Waals surface area contributed by atoms with Gasteiger partial charge in [-0.25, -0.2) is 4.57 Å². The van der Waals surface area contributed by atoms with Gasteiger partial charge in [0.1, 0.15) is 42.7 Å². The van der Waals surface area contributed by atoms with Crippen LogP contribution in [0, 0.1) is 0 Å². The molecule has 1 rings (SSSR count). The number of phosphoric acid groups is 1. The van der Waals surface area contributed by atoms with Crippen LogP contribution in [-0.4, -0.2) is 98.9 Å². The number of rotatable bonds is 55. The zero-order valence-corrected chi connectivity index (χ0v) is 47.7. The van der Waals surface area contributed by atoms with E-state index < -0.39 is 63.1 Å². The maximum atomic E-state index is 12.9. The Bertz CT molecular complexity index is 1200. The summed E-state index contributed by atoms with van der Waals surface area (Å²) in [6.45, 7) is 4.32. The fraction of sp³-hybridized carbons (Fsp3) is 0.983. The Hall–Kier alpha value is -0.660. The third-order valence-electron chi connectivity index (χ3n) is 15.0. The summed E-state index contributed by atoms with van der Waals surface area (Å²) in [5, 5.41) is 50.4. The molecule has 430 valence electrons. The number of carbonyl (C=O) groups excluding carboxylic acids is 1. The average Bonchev–Trinajstić information content (AvgIpc) is 3.37. The van der Waals surface area contributed by atoms with Crippen LogP contribution >= 0.6 is 7.82 Å². The summed E-state index contributed by atoms with van der Waals surface area (Å²) < 4.78 is 34.4. The molecule has 12 nitrogen and oxygen atoms in total. The molecule has 6 unspecified atom stereocenters. The molecule has 0 radical (unpaired) electrons. The molecule has 13 heteroatoms. The number of hydrogen-bond donors (Lipinski definition) is 6. The highest BCUT2D eigenvalue weighted by Gasteiger charge is 2.51. The number of hydrogen-bond acceptors (Lipinski definition) is 11. The molecule has 8 atom stereocenters. The molecule has 0 aliphatic heterocycles. The maximum Gasteiger partial charge on any atom is 0.472 e. The van der Waals surface area contributed by atoms with E-state index in [0.717, 1.165) is 38.5 Å². The van der Waals surface area contributed by atoms with Gasteiger partial charge in [-0.3, -0.25) is 13.8 Å². The summed E-state index contributed by atoms with van der Waals surface area (Å²) in [4.78, 5) is 23.3. The van der Waals surface area contributed by atoms with Crippen LogP contribution in [0.5, 0.6) is 0 Å². The predicted octanol–water partition coefficient (Wildman–Crippen LogP) is 15.2. The first kappa shape index (κ1) is 69.4. The Balaban J connectivity index is 2.11. The second-order valence-corrected chi connectivity index (χ2v) is 23.3. The normalized spacial score (nSPS) is 20.5. The van der Waals surface area contributed by atoms with Gasteiger partial charge in [-0.1, -0.05) is 290 Å². The van der Waals surface area contributed by atoms with Crippen LogP contribution in [0.1, 0.15) is 309 Å². The third kappa shape index (κ3) is 40.6. The van der Waals surface area contributed by atoms with Crippen LogP contribution in [0.25, 0.3) is 0 Å². The van der Waals surface area contributed by atoms with Gasteiger partial charge in [-0.2, -0.15) is 0 Å². The van der Waals surface area contributed by atoms with E-state index in [1.165, 1.54) is 244 Å². The number of phosphoric ester groups is 1. The molecule has 0 saturated heterocycles. The van der Waals surface area contributed by atoms with Crippen LogP contribution in [0.3, 0.4) is 0 Å². The minimum absolute atomic E-state index is 0.0677. The van der Waals surface area contributed by atoms with Crippen molar-refractivity contribution in [3.05, 3.63) is 0 Å². The van der Waals surface area contributed by atoms with Gasteiger partial charge in [0.05, 0.1) is 13.2 Å². The van der Waals surface area contributed by atoms with Crippen molar-refractivity contribution >= 4 is 13.8 Å². The molecule has 0 amide bonds. The van der Waals surface area contributed by atoms with Crippen molar-refractivity contribution in [2.75, 3.05) is 19.8 Å². The molecule has 0 aromatic heterocycles. The number of aliphatic hydroxyl groups is 5. The first-order chi connectivity index (χ1) is 35.0. The van der Waals surface area contributed by atoms with Crippen LogP contribution < -0.4 is 0 Å². The van der Waals surface area contributed by atoms with E-state index in [4.69, 9.17) is 18.5 Å². The maximum absolute atomic E-state index is 12.9. The zero-order valence-electron chi connectivity index (χ0n) is 46.8. The van der Waals surface area contributed by atoms with E-state index in [9.17, 15) is 39.8 Å². The second-order valence-electron chi connectivity index (χ2n) is 21.9. The van der Waals surface area contributed by atoms with E-state index in [-0.39, 0.29) is 13.0 Å². The number of ether oxygens (including phenoxy) is 2. The number of carbonyl (C=O) groups is 1. The summed E-state index contributed by atoms with van der Waals surface area (Å²) in [6.07, 6.45) is 46.5. The fourth-order valence-corrected chi connectivity index (χ4v) is 11.1. The molecule has 0 spiro atoms. The van der Waals surface area contributed by atoms with Gasteiger partial charge in [0, 0.05) is 13.0 Å². The smallest absolute Gasteiger partial charge is 0.457 e. The molecular weight excluding hydrogens is 932 g/mol. The molecule has 72 heavy (non-hydrogen) atoms. The lowest BCUT2D eigenvalue weighted by Crippen LogP contribution is -2.64. The SMILES string of the molecule is CCCCCCCCCCCCCCCCCCCCCCCCCCCCCCCCCCCC(=O)O[C@H](COCCCCCCCCCCCCCC)COP(=O)(O)OC1C(O)C(O)C(O)[C@@H](O)C1O. The fourth-order valence-electron chi connectivity index (χ4n) is 10.1. The lowest BCUT2D eigenvalue weighted by atomic mass is 9.85. The molecule has 1 aliphatic carbocycles. The number of unbranched alkanes of at least 4 members (excludes halogenated alkanes) is 43. The van der Waals surface area contributed by atoms with Gasteiger partial charge >= 0.3 is 13.8 Å². The molecule has 1 aliphatic rings. The minimum atomic E-state index is -5.02. The van der Waals surface area contributed by atoms with E-state index >= 15 is 0 Å². The van der Waals surface area contributed by atoms with Crippen molar-refractivity contribution in [1.82, 2.24) is 0 Å². The predicted molar refractivity (Wildman–Crippen MR) is 295 cm³/mol. The van der Waals surface area contributed by atoms with Gasteiger partial charge < -0.3 is 39.9 Å². The lowest BCUT2D eigenvalue weighted by Gasteiger charge is -2.41. The largest absolute Gasteiger partial charge is 0.472 e. The topological polar surface area (TPSA) is 192 Å². The van der Waals surface area contributed by atoms with Gasteiger partial charge in [-0.15, -0.1) is 0 Å². The highest BCUT2D eigenvalue weighted by molar-refractivity contribution is 7.47. The molecule has 0 aromatic rings. The molecule has 0 bridgehead atoms. The van der Waals surface area contributed by atoms with Crippen molar-refractivity contribution < 1.29 is 58.3 Å². The third-order valence-corrected chi connectivity index (χ3v) is 16.0. The van der Waals surface area contributed by atoms with Gasteiger partial charge in [0.15, 0.2) is 0 Å². The highest BCUT2D eigenvalue weighted by atomic mass is 31.2. The van der Waals surface area contributed by atoms with Crippen molar-refractivity contribution in [2.45, 2.75) is 352 Å². The van der Waals surface area contributed by atoms with Crippen molar-refractivity contribution in [3.8, 4) is 0 Å². The van der Waals surface area contributed by atoms with E-state index in [0.29, 0.717) is 13.0 Å². The lowest BCUT2D eigenvalue weighted by molar-refractivity contribution is -0.220. The van der Waals surface area contributed by atoms with Gasteiger partial charge in [0.25, 0.3) is 0 Å². The van der Waals surface area contributed by atoms with Gasteiger partial charge in [-0.05, 0) is 12.8 Å². The van der Waals surface area contributed by atoms with E-state index in [1.54, 1.807) is 0 Å². The first-order valence-electron chi connectivity index (χ1n) is 30.9. The molecular formula is C59H117O12P. The van der Waals surface area contributed by atoms with Gasteiger partial charge in [0.2, 0.25) is 0 Å². The second kappa shape index (κ2) is 49.9. The Morgan fingerprint density at radius 2 is 0.653 bits per heavy atom. The Kier molecular flexibility index (Phi) is 48.0. The molecule has 0 aromatic carbocycles. The minimum Gasteiger partial charge on any atom is -0.457 e. The molecule has 1 fully saturated rings. The van der Waals surface area contributed by atoms with E-state index in [1.807, 2.05) is 0 Å². The quantitative estimate of drug-likeness (QED) is 0.0192. The van der Waals surface area contributed by atoms with Crippen molar-refractivity contribution in [2.24, 2.45) is 0 Å². The monoisotopic (exact) mass is 1050 g/mol. The average molecular weight is 1050 g/mol. The summed E-state index contributed by atoms with van der Waals surface area (Å²) in [7, 11) is -5.02. The van der Waals surface area contributed by atoms with Crippen LogP contribution in [0.2, 0.25) is 0 Å². The van der Waals surface area contributed by atoms with Crippen molar-refractivity contribution in [1.29, 1.82) is 0 Å². The first-order valence-corrected chi connectivity index (χ1v) is 32.4. The molecule has 1 saturated carbocycles. The van der Waals surface area contributed by atoms with Crippen LogP contribution in [0.4, 0.5) is 0 Å². The van der Waals surface area contributed by atoms with E-state index in [2.05, 4.69) is 13.8 Å². The number of aliphatic hydroxyl groups excluding tert-OH is 5. The summed E-state index contributed by atoms with van der Waals surface area (Å²) in [5.74, 6) is -0.467. The Labute approximate surface area is 442 Å². The summed E-state index contributed by atoms with van der Waals surface area (Å²) in [6, 6.07) is 0.